The standard InChI is InChI=1S/C24H33N3O3/c28-16-24(27-11-2-1-3-12-27)29-23-14-19-5-4-6-21(20(19)15-25-23)26-30-22-13-17-7-9-18(22)10-8-17/h14-18,22,24H,1-13H2. The Morgan fingerprint density at radius 2 is 1.93 bits per heavy atom. The van der Waals surface area contributed by atoms with Crippen LogP contribution in [0.2, 0.25) is 0 Å². The van der Waals surface area contributed by atoms with E-state index in [4.69, 9.17) is 9.57 Å². The molecule has 6 rings (SSSR count). The third-order valence-electron chi connectivity index (χ3n) is 7.52. The summed E-state index contributed by atoms with van der Waals surface area (Å²) in [5, 5.41) is 4.62. The fourth-order valence-electron chi connectivity index (χ4n) is 5.74. The highest BCUT2D eigenvalue weighted by molar-refractivity contribution is 6.02. The van der Waals surface area contributed by atoms with Gasteiger partial charge in [0.2, 0.25) is 12.1 Å². The molecular weight excluding hydrogens is 378 g/mol. The fraction of sp³-hybridized carbons (Fsp3) is 0.708. The minimum atomic E-state index is -0.544. The summed E-state index contributed by atoms with van der Waals surface area (Å²) in [6.45, 7) is 1.82. The molecule has 30 heavy (non-hydrogen) atoms. The predicted molar refractivity (Wildman–Crippen MR) is 115 cm³/mol. The lowest BCUT2D eigenvalue weighted by molar-refractivity contribution is -0.122. The smallest absolute Gasteiger partial charge is 0.215 e. The van der Waals surface area contributed by atoms with Crippen molar-refractivity contribution in [2.24, 2.45) is 17.0 Å². The van der Waals surface area contributed by atoms with Gasteiger partial charge < -0.3 is 9.57 Å². The van der Waals surface area contributed by atoms with Gasteiger partial charge >= 0.3 is 0 Å². The molecular formula is C24H33N3O3. The molecule has 0 N–H and O–H groups in total. The van der Waals surface area contributed by atoms with Crippen molar-refractivity contribution in [3.05, 3.63) is 23.4 Å². The van der Waals surface area contributed by atoms with Crippen molar-refractivity contribution in [3.63, 3.8) is 0 Å². The maximum atomic E-state index is 11.6. The molecule has 0 amide bonds. The average molecular weight is 412 g/mol. The van der Waals surface area contributed by atoms with Gasteiger partial charge in [0.05, 0.1) is 5.71 Å². The first-order valence-electron chi connectivity index (χ1n) is 11.9. The van der Waals surface area contributed by atoms with E-state index in [1.807, 2.05) is 12.3 Å². The number of likely N-dealkylation sites (tertiary alicyclic amines) is 1. The lowest BCUT2D eigenvalue weighted by Gasteiger charge is -2.40. The quantitative estimate of drug-likeness (QED) is 0.521. The molecule has 6 nitrogen and oxygen atoms in total. The number of carbonyl (C=O) groups excluding carboxylic acids is 1. The van der Waals surface area contributed by atoms with E-state index in [2.05, 4.69) is 15.0 Å². The van der Waals surface area contributed by atoms with Crippen LogP contribution < -0.4 is 4.74 Å². The second kappa shape index (κ2) is 9.04. The van der Waals surface area contributed by atoms with E-state index in [-0.39, 0.29) is 0 Å². The van der Waals surface area contributed by atoms with E-state index in [0.29, 0.717) is 17.9 Å². The van der Waals surface area contributed by atoms with Crippen molar-refractivity contribution >= 4 is 12.0 Å². The highest BCUT2D eigenvalue weighted by atomic mass is 16.6. The van der Waals surface area contributed by atoms with E-state index in [0.717, 1.165) is 68.7 Å². The molecule has 2 heterocycles. The molecule has 0 radical (unpaired) electrons. The topological polar surface area (TPSA) is 64.0 Å². The lowest BCUT2D eigenvalue weighted by atomic mass is 9.69. The molecule has 1 aliphatic heterocycles. The lowest BCUT2D eigenvalue weighted by Crippen LogP contribution is -2.43. The molecule has 5 aliphatic rings. The van der Waals surface area contributed by atoms with Crippen LogP contribution in [0, 0.1) is 11.8 Å². The number of aromatic nitrogens is 1. The number of carbonyl (C=O) groups is 1. The van der Waals surface area contributed by atoms with Crippen molar-refractivity contribution < 1.29 is 14.4 Å². The van der Waals surface area contributed by atoms with Crippen molar-refractivity contribution in [1.29, 1.82) is 0 Å². The fourth-order valence-corrected chi connectivity index (χ4v) is 5.74. The Bertz CT molecular complexity index is 782. The number of fused-ring (bicyclic) bond motifs is 4. The number of rotatable bonds is 6. The molecule has 0 spiro atoms. The molecule has 162 valence electrons. The zero-order chi connectivity index (χ0) is 20.3. The van der Waals surface area contributed by atoms with Crippen LogP contribution in [-0.4, -0.2) is 47.3 Å². The highest BCUT2D eigenvalue weighted by Crippen LogP contribution is 2.42. The zero-order valence-corrected chi connectivity index (χ0v) is 17.8. The first kappa shape index (κ1) is 20.0. The minimum Gasteiger partial charge on any atom is -0.451 e. The number of hydrogen-bond acceptors (Lipinski definition) is 6. The second-order valence-corrected chi connectivity index (χ2v) is 9.47. The Balaban J connectivity index is 1.27. The Hall–Kier alpha value is -1.95. The first-order valence-corrected chi connectivity index (χ1v) is 11.9. The van der Waals surface area contributed by atoms with Crippen LogP contribution in [0.3, 0.4) is 0 Å². The van der Waals surface area contributed by atoms with Gasteiger partial charge in [0.1, 0.15) is 6.10 Å². The summed E-state index contributed by atoms with van der Waals surface area (Å²) in [7, 11) is 0. The SMILES string of the molecule is O=CC(Oc1cc2c(cn1)C(=NOC1CC3CCC1CC3)CCC2)N1CCCCC1. The number of aldehydes is 1. The van der Waals surface area contributed by atoms with Crippen LogP contribution in [0.15, 0.2) is 17.4 Å². The Morgan fingerprint density at radius 1 is 1.10 bits per heavy atom. The third-order valence-corrected chi connectivity index (χ3v) is 7.52. The maximum Gasteiger partial charge on any atom is 0.215 e. The summed E-state index contributed by atoms with van der Waals surface area (Å²) in [5.74, 6) is 2.06. The van der Waals surface area contributed by atoms with E-state index in [1.165, 1.54) is 44.1 Å². The van der Waals surface area contributed by atoms with Gasteiger partial charge in [0, 0.05) is 30.9 Å². The number of nitrogens with zero attached hydrogens (tertiary/aromatic N) is 3. The molecule has 0 aromatic carbocycles. The molecule has 1 aromatic rings. The Labute approximate surface area is 179 Å². The number of aryl methyl sites for hydroxylation is 1. The van der Waals surface area contributed by atoms with Crippen molar-refractivity contribution in [2.45, 2.75) is 83.0 Å². The summed E-state index contributed by atoms with van der Waals surface area (Å²) in [6, 6.07) is 1.99. The Kier molecular flexibility index (Phi) is 6.02. The first-order chi connectivity index (χ1) is 14.8. The van der Waals surface area contributed by atoms with Crippen molar-refractivity contribution in [1.82, 2.24) is 9.88 Å². The molecule has 3 saturated carbocycles. The van der Waals surface area contributed by atoms with Gasteiger partial charge in [0.25, 0.3) is 0 Å². The summed E-state index contributed by atoms with van der Waals surface area (Å²) in [5.41, 5.74) is 3.29. The second-order valence-electron chi connectivity index (χ2n) is 9.47. The molecule has 2 atom stereocenters. The molecule has 6 heteroatoms. The number of hydrogen-bond donors (Lipinski definition) is 0. The minimum absolute atomic E-state index is 0.295. The van der Waals surface area contributed by atoms with Crippen LogP contribution in [-0.2, 0) is 16.1 Å². The Morgan fingerprint density at radius 3 is 2.67 bits per heavy atom. The summed E-state index contributed by atoms with van der Waals surface area (Å²) in [4.78, 5) is 24.3. The van der Waals surface area contributed by atoms with Crippen LogP contribution in [0.25, 0.3) is 0 Å². The summed E-state index contributed by atoms with van der Waals surface area (Å²) in [6.07, 6.45) is 15.4. The van der Waals surface area contributed by atoms with E-state index >= 15 is 0 Å². The number of pyridine rings is 1. The molecule has 4 aliphatic carbocycles. The maximum absolute atomic E-state index is 11.6. The van der Waals surface area contributed by atoms with E-state index < -0.39 is 6.23 Å². The molecule has 2 bridgehead atoms. The van der Waals surface area contributed by atoms with Crippen LogP contribution in [0.1, 0.15) is 75.3 Å². The molecule has 4 fully saturated rings. The van der Waals surface area contributed by atoms with Gasteiger partial charge in [-0.25, -0.2) is 4.98 Å². The van der Waals surface area contributed by atoms with Crippen molar-refractivity contribution in [2.75, 3.05) is 13.1 Å². The zero-order valence-electron chi connectivity index (χ0n) is 17.8. The molecule has 2 unspecified atom stereocenters. The summed E-state index contributed by atoms with van der Waals surface area (Å²) < 4.78 is 5.97. The van der Waals surface area contributed by atoms with Crippen LogP contribution in [0.4, 0.5) is 0 Å². The van der Waals surface area contributed by atoms with E-state index in [9.17, 15) is 4.79 Å². The molecule has 1 saturated heterocycles. The molecule has 1 aromatic heterocycles. The van der Waals surface area contributed by atoms with Gasteiger partial charge in [-0.15, -0.1) is 0 Å². The van der Waals surface area contributed by atoms with Gasteiger partial charge in [0.15, 0.2) is 6.29 Å². The monoisotopic (exact) mass is 411 g/mol. The summed E-state index contributed by atoms with van der Waals surface area (Å²) >= 11 is 0. The largest absolute Gasteiger partial charge is 0.451 e. The van der Waals surface area contributed by atoms with Crippen LogP contribution in [0.5, 0.6) is 5.88 Å². The normalized spacial score (nSPS) is 31.2. The number of ether oxygens (including phenoxy) is 1. The number of oxime groups is 1. The number of piperidine rings is 1. The van der Waals surface area contributed by atoms with Gasteiger partial charge in [-0.3, -0.25) is 9.69 Å². The third kappa shape index (κ3) is 4.25. The van der Waals surface area contributed by atoms with Gasteiger partial charge in [-0.05, 0) is 81.6 Å². The van der Waals surface area contributed by atoms with Gasteiger partial charge in [-0.2, -0.15) is 0 Å². The van der Waals surface area contributed by atoms with Crippen LogP contribution >= 0.6 is 0 Å². The highest BCUT2D eigenvalue weighted by Gasteiger charge is 2.37. The van der Waals surface area contributed by atoms with E-state index in [1.54, 1.807) is 0 Å². The predicted octanol–water partition coefficient (Wildman–Crippen LogP) is 4.11. The average Bonchev–Trinajstić information content (AvgIpc) is 2.82. The van der Waals surface area contributed by atoms with Crippen molar-refractivity contribution in [3.8, 4) is 5.88 Å². The van der Waals surface area contributed by atoms with Gasteiger partial charge in [-0.1, -0.05) is 11.6 Å².